The largest absolute Gasteiger partial charge is 0.417 e. The predicted octanol–water partition coefficient (Wildman–Crippen LogP) is 4.10. The van der Waals surface area contributed by atoms with E-state index < -0.39 is 23.4 Å². The molecule has 0 saturated carbocycles. The van der Waals surface area contributed by atoms with Crippen LogP contribution >= 0.6 is 23.2 Å². The predicted molar refractivity (Wildman–Crippen MR) is 103 cm³/mol. The van der Waals surface area contributed by atoms with Crippen molar-refractivity contribution in [1.29, 1.82) is 0 Å². The Kier molecular flexibility index (Phi) is 6.11. The van der Waals surface area contributed by atoms with Gasteiger partial charge in [0.25, 0.3) is 5.56 Å². The number of nitrogens with one attached hydrogen (secondary N) is 1. The van der Waals surface area contributed by atoms with Crippen molar-refractivity contribution in [1.82, 2.24) is 14.8 Å². The summed E-state index contributed by atoms with van der Waals surface area (Å²) < 4.78 is 38.7. The Labute approximate surface area is 172 Å². The van der Waals surface area contributed by atoms with Gasteiger partial charge in [0.2, 0.25) is 0 Å². The number of nitrogens with zero attached hydrogens (tertiary/aromatic N) is 3. The summed E-state index contributed by atoms with van der Waals surface area (Å²) in [6.07, 6.45) is -3.62. The maximum absolute atomic E-state index is 12.6. The maximum Gasteiger partial charge on any atom is 0.417 e. The van der Waals surface area contributed by atoms with Gasteiger partial charge in [-0.15, -0.1) is 0 Å². The summed E-state index contributed by atoms with van der Waals surface area (Å²) in [6, 6.07) is 8.38. The number of aliphatic hydroxyl groups excluding tert-OH is 1. The van der Waals surface area contributed by atoms with E-state index in [9.17, 15) is 23.1 Å². The molecule has 0 fully saturated rings. The van der Waals surface area contributed by atoms with Gasteiger partial charge in [0, 0.05) is 17.8 Å². The minimum absolute atomic E-state index is 0.0328. The first-order valence-electron chi connectivity index (χ1n) is 8.15. The van der Waals surface area contributed by atoms with E-state index in [4.69, 9.17) is 23.2 Å². The minimum atomic E-state index is -4.54. The van der Waals surface area contributed by atoms with Crippen molar-refractivity contribution in [3.8, 4) is 5.82 Å². The molecule has 3 rings (SSSR count). The van der Waals surface area contributed by atoms with E-state index >= 15 is 0 Å². The monoisotopic (exact) mass is 444 g/mol. The zero-order chi connectivity index (χ0) is 21.2. The van der Waals surface area contributed by atoms with Crippen LogP contribution in [0.3, 0.4) is 0 Å². The fourth-order valence-corrected chi connectivity index (χ4v) is 2.73. The molecule has 0 spiro atoms. The van der Waals surface area contributed by atoms with Crippen LogP contribution in [0.4, 0.5) is 18.9 Å². The standard InChI is InChI=1S/C18H13Cl2F3N4O2/c19-12-4-1-10(2-5-12)14(28)9-24-13-8-26-27(17(29)16(13)20)15-6-3-11(7-25-15)18(21,22)23/h1-8,14,24,28H,9H2/t14-/m1/s1. The molecule has 0 bridgehead atoms. The minimum Gasteiger partial charge on any atom is -0.387 e. The number of hydrogen-bond acceptors (Lipinski definition) is 5. The van der Waals surface area contributed by atoms with Crippen LogP contribution in [0, 0.1) is 0 Å². The smallest absolute Gasteiger partial charge is 0.387 e. The Bertz CT molecular complexity index is 1050. The van der Waals surface area contributed by atoms with Crippen LogP contribution in [0.25, 0.3) is 5.82 Å². The Morgan fingerprint density at radius 2 is 1.79 bits per heavy atom. The van der Waals surface area contributed by atoms with Gasteiger partial charge in [0.1, 0.15) is 5.02 Å². The third-order valence-electron chi connectivity index (χ3n) is 3.95. The average molecular weight is 445 g/mol. The summed E-state index contributed by atoms with van der Waals surface area (Å²) in [4.78, 5) is 16.0. The van der Waals surface area contributed by atoms with Crippen molar-refractivity contribution >= 4 is 28.9 Å². The van der Waals surface area contributed by atoms with Crippen molar-refractivity contribution in [2.45, 2.75) is 12.3 Å². The quantitative estimate of drug-likeness (QED) is 0.619. The number of hydrogen-bond donors (Lipinski definition) is 2. The first kappa shape index (κ1) is 21.1. The fraction of sp³-hybridized carbons (Fsp3) is 0.167. The highest BCUT2D eigenvalue weighted by molar-refractivity contribution is 6.33. The van der Waals surface area contributed by atoms with E-state index in [2.05, 4.69) is 15.4 Å². The third kappa shape index (κ3) is 4.87. The van der Waals surface area contributed by atoms with Crippen LogP contribution in [-0.4, -0.2) is 26.4 Å². The van der Waals surface area contributed by atoms with Crippen molar-refractivity contribution in [2.75, 3.05) is 11.9 Å². The zero-order valence-electron chi connectivity index (χ0n) is 14.5. The van der Waals surface area contributed by atoms with Gasteiger partial charge in [0.15, 0.2) is 5.82 Å². The second-order valence-corrected chi connectivity index (χ2v) is 6.75. The normalized spacial score (nSPS) is 12.6. The SMILES string of the molecule is O=c1c(Cl)c(NC[C@@H](O)c2ccc(Cl)cc2)cnn1-c1ccc(C(F)(F)F)cn1. The second-order valence-electron chi connectivity index (χ2n) is 5.94. The molecule has 11 heteroatoms. The first-order chi connectivity index (χ1) is 13.7. The number of aromatic nitrogens is 3. The Hall–Kier alpha value is -2.62. The van der Waals surface area contributed by atoms with Crippen molar-refractivity contribution in [2.24, 2.45) is 0 Å². The summed E-state index contributed by atoms with van der Waals surface area (Å²) in [7, 11) is 0. The van der Waals surface area contributed by atoms with Crippen LogP contribution in [0.2, 0.25) is 10.0 Å². The van der Waals surface area contributed by atoms with E-state index in [-0.39, 0.29) is 23.1 Å². The number of benzene rings is 1. The Morgan fingerprint density at radius 3 is 2.38 bits per heavy atom. The highest BCUT2D eigenvalue weighted by Gasteiger charge is 2.30. The number of halogens is 5. The Balaban J connectivity index is 1.77. The van der Waals surface area contributed by atoms with E-state index in [1.165, 1.54) is 6.20 Å². The maximum atomic E-state index is 12.6. The molecule has 1 atom stereocenters. The lowest BCUT2D eigenvalue weighted by molar-refractivity contribution is -0.137. The molecule has 6 nitrogen and oxygen atoms in total. The molecule has 3 aromatic rings. The number of alkyl halides is 3. The molecule has 1 aromatic carbocycles. The molecule has 2 N–H and O–H groups in total. The van der Waals surface area contributed by atoms with Crippen LogP contribution in [0.15, 0.2) is 53.6 Å². The molecule has 0 radical (unpaired) electrons. The van der Waals surface area contributed by atoms with E-state index in [0.717, 1.165) is 16.8 Å². The number of aliphatic hydroxyl groups is 1. The van der Waals surface area contributed by atoms with E-state index in [1.807, 2.05) is 0 Å². The average Bonchev–Trinajstić information content (AvgIpc) is 2.69. The van der Waals surface area contributed by atoms with Gasteiger partial charge in [0.05, 0.1) is 23.6 Å². The molecule has 0 aliphatic heterocycles. The van der Waals surface area contributed by atoms with Crippen molar-refractivity contribution in [3.05, 3.63) is 80.3 Å². The molecule has 152 valence electrons. The van der Waals surface area contributed by atoms with Gasteiger partial charge in [-0.25, -0.2) is 4.98 Å². The van der Waals surface area contributed by atoms with E-state index in [1.54, 1.807) is 24.3 Å². The summed E-state index contributed by atoms with van der Waals surface area (Å²) in [6.45, 7) is 0.0328. The highest BCUT2D eigenvalue weighted by atomic mass is 35.5. The molecular weight excluding hydrogens is 432 g/mol. The van der Waals surface area contributed by atoms with Crippen LogP contribution < -0.4 is 10.9 Å². The van der Waals surface area contributed by atoms with Crippen LogP contribution in [-0.2, 0) is 6.18 Å². The lowest BCUT2D eigenvalue weighted by Gasteiger charge is -2.14. The van der Waals surface area contributed by atoms with Crippen molar-refractivity contribution < 1.29 is 18.3 Å². The van der Waals surface area contributed by atoms with Crippen LogP contribution in [0.1, 0.15) is 17.2 Å². The molecule has 0 aliphatic carbocycles. The Morgan fingerprint density at radius 1 is 1.10 bits per heavy atom. The summed E-state index contributed by atoms with van der Waals surface area (Å²) in [5.74, 6) is -0.113. The van der Waals surface area contributed by atoms with Gasteiger partial charge in [-0.05, 0) is 29.8 Å². The molecular formula is C18H13Cl2F3N4O2. The third-order valence-corrected chi connectivity index (χ3v) is 4.57. The lowest BCUT2D eigenvalue weighted by Crippen LogP contribution is -2.24. The van der Waals surface area contributed by atoms with Gasteiger partial charge >= 0.3 is 6.18 Å². The van der Waals surface area contributed by atoms with Crippen molar-refractivity contribution in [3.63, 3.8) is 0 Å². The zero-order valence-corrected chi connectivity index (χ0v) is 16.0. The topological polar surface area (TPSA) is 80.0 Å². The fourth-order valence-electron chi connectivity index (χ4n) is 2.41. The molecule has 0 aliphatic rings. The molecule has 2 aromatic heterocycles. The highest BCUT2D eigenvalue weighted by Crippen LogP contribution is 2.28. The van der Waals surface area contributed by atoms with Gasteiger partial charge in [-0.2, -0.15) is 23.0 Å². The lowest BCUT2D eigenvalue weighted by atomic mass is 10.1. The molecule has 29 heavy (non-hydrogen) atoms. The number of rotatable bonds is 5. The molecule has 0 unspecified atom stereocenters. The van der Waals surface area contributed by atoms with Crippen LogP contribution in [0.5, 0.6) is 0 Å². The molecule has 0 amide bonds. The van der Waals surface area contributed by atoms with Gasteiger partial charge < -0.3 is 10.4 Å². The summed E-state index contributed by atoms with van der Waals surface area (Å²) >= 11 is 11.9. The van der Waals surface area contributed by atoms with E-state index in [0.29, 0.717) is 16.8 Å². The molecule has 0 saturated heterocycles. The second kappa shape index (κ2) is 8.40. The van der Waals surface area contributed by atoms with Gasteiger partial charge in [-0.1, -0.05) is 35.3 Å². The summed E-state index contributed by atoms with van der Waals surface area (Å²) in [5.41, 5.74) is -0.958. The molecule has 2 heterocycles. The summed E-state index contributed by atoms with van der Waals surface area (Å²) in [5, 5.41) is 17.2. The van der Waals surface area contributed by atoms with Gasteiger partial charge in [-0.3, -0.25) is 4.79 Å². The number of anilines is 1. The number of pyridine rings is 1. The first-order valence-corrected chi connectivity index (χ1v) is 8.91.